The molecule has 0 fully saturated rings. The van der Waals surface area contributed by atoms with Crippen molar-refractivity contribution in [3.05, 3.63) is 21.7 Å². The summed E-state index contributed by atoms with van der Waals surface area (Å²) < 4.78 is 23.5. The molecule has 0 saturated carbocycles. The van der Waals surface area contributed by atoms with Crippen molar-refractivity contribution in [3.8, 4) is 0 Å². The van der Waals surface area contributed by atoms with E-state index >= 15 is 0 Å². The van der Waals surface area contributed by atoms with Crippen LogP contribution in [0.5, 0.6) is 0 Å². The Morgan fingerprint density at radius 3 is 2.82 bits per heavy atom. The molecular weight excluding hydrogens is 258 g/mol. The van der Waals surface area contributed by atoms with Gasteiger partial charge in [-0.2, -0.15) is 0 Å². The summed E-state index contributed by atoms with van der Waals surface area (Å²) in [6, 6.07) is 0. The Morgan fingerprint density at radius 1 is 1.47 bits per heavy atom. The molecule has 0 aromatic carbocycles. The van der Waals surface area contributed by atoms with Gasteiger partial charge in [0.2, 0.25) is 0 Å². The van der Waals surface area contributed by atoms with Gasteiger partial charge in [0.1, 0.15) is 15.7 Å². The molecule has 5 nitrogen and oxygen atoms in total. The van der Waals surface area contributed by atoms with Crippen LogP contribution in [-0.2, 0) is 22.8 Å². The van der Waals surface area contributed by atoms with Crippen LogP contribution in [0, 0.1) is 4.64 Å². The van der Waals surface area contributed by atoms with Crippen molar-refractivity contribution in [1.82, 2.24) is 15.3 Å². The van der Waals surface area contributed by atoms with Crippen molar-refractivity contribution in [2.45, 2.75) is 25.1 Å². The number of nitrogens with one attached hydrogen (secondary N) is 2. The number of sulfone groups is 1. The lowest BCUT2D eigenvalue weighted by Gasteiger charge is -2.19. The molecule has 0 amide bonds. The fourth-order valence-corrected chi connectivity index (χ4v) is 2.59. The van der Waals surface area contributed by atoms with Crippen LogP contribution in [0.25, 0.3) is 0 Å². The van der Waals surface area contributed by atoms with Gasteiger partial charge in [-0.25, -0.2) is 13.4 Å². The zero-order valence-electron chi connectivity index (χ0n) is 9.78. The number of rotatable bonds is 2. The zero-order chi connectivity index (χ0) is 12.6. The van der Waals surface area contributed by atoms with Gasteiger partial charge in [-0.15, -0.1) is 0 Å². The van der Waals surface area contributed by atoms with E-state index in [4.69, 9.17) is 12.2 Å². The van der Waals surface area contributed by atoms with Crippen molar-refractivity contribution >= 4 is 22.1 Å². The highest BCUT2D eigenvalue weighted by molar-refractivity contribution is 7.90. The van der Waals surface area contributed by atoms with E-state index in [1.165, 1.54) is 6.26 Å². The second-order valence-corrected chi connectivity index (χ2v) is 7.04. The predicted molar refractivity (Wildman–Crippen MR) is 68.1 cm³/mol. The Labute approximate surface area is 106 Å². The van der Waals surface area contributed by atoms with Crippen LogP contribution in [-0.4, -0.2) is 31.2 Å². The Hall–Kier alpha value is -0.790. The van der Waals surface area contributed by atoms with Gasteiger partial charge < -0.3 is 10.3 Å². The largest absolute Gasteiger partial charge is 0.346 e. The molecule has 1 unspecified atom stereocenters. The summed E-state index contributed by atoms with van der Waals surface area (Å²) in [4.78, 5) is 7.31. The Balaban J connectivity index is 2.52. The van der Waals surface area contributed by atoms with Gasteiger partial charge in [-0.1, -0.05) is 12.2 Å². The van der Waals surface area contributed by atoms with Gasteiger partial charge in [-0.05, 0) is 6.92 Å². The van der Waals surface area contributed by atoms with Crippen LogP contribution in [0.2, 0.25) is 0 Å². The van der Waals surface area contributed by atoms with E-state index in [-0.39, 0.29) is 0 Å². The molecule has 1 aromatic rings. The molecule has 1 aromatic heterocycles. The first-order valence-corrected chi connectivity index (χ1v) is 7.77. The maximum Gasteiger partial charge on any atom is 0.157 e. The monoisotopic (exact) mass is 273 g/mol. The summed E-state index contributed by atoms with van der Waals surface area (Å²) >= 11 is 5.20. The molecule has 2 rings (SSSR count). The van der Waals surface area contributed by atoms with E-state index in [0.29, 0.717) is 17.0 Å². The van der Waals surface area contributed by atoms with E-state index in [1.54, 1.807) is 6.92 Å². The van der Waals surface area contributed by atoms with Crippen molar-refractivity contribution in [2.75, 3.05) is 12.8 Å². The first kappa shape index (κ1) is 12.7. The van der Waals surface area contributed by atoms with Gasteiger partial charge in [0.05, 0.1) is 0 Å². The Bertz CT molecular complexity index is 592. The van der Waals surface area contributed by atoms with Crippen molar-refractivity contribution < 1.29 is 8.42 Å². The summed E-state index contributed by atoms with van der Waals surface area (Å²) in [5, 5.41) is 2.57. The zero-order valence-corrected chi connectivity index (χ0v) is 11.4. The highest BCUT2D eigenvalue weighted by atomic mass is 32.2. The summed E-state index contributed by atoms with van der Waals surface area (Å²) in [6.45, 7) is 3.19. The molecule has 0 aliphatic carbocycles. The summed E-state index contributed by atoms with van der Waals surface area (Å²) in [7, 11) is -3.15. The summed E-state index contributed by atoms with van der Waals surface area (Å²) in [6.07, 6.45) is 2.03. The third-order valence-corrected chi connectivity index (χ3v) is 4.85. The minimum atomic E-state index is -3.15. The third kappa shape index (κ3) is 2.56. The van der Waals surface area contributed by atoms with Crippen molar-refractivity contribution in [1.29, 1.82) is 0 Å². The first-order valence-electron chi connectivity index (χ1n) is 5.41. The standard InChI is InChI=1S/C10H15N3O2S2/c1-6(17(2,14)15)9-12-8-3-4-11-5-7(8)10(16)13-9/h6,11H,3-5H2,1-2H3,(H,12,13,16). The fraction of sp³-hybridized carbons (Fsp3) is 0.600. The van der Waals surface area contributed by atoms with E-state index in [0.717, 1.165) is 24.2 Å². The normalized spacial score (nSPS) is 17.5. The maximum atomic E-state index is 11.5. The second-order valence-electron chi connectivity index (χ2n) is 4.28. The molecule has 0 radical (unpaired) electrons. The van der Waals surface area contributed by atoms with Gasteiger partial charge in [0, 0.05) is 37.0 Å². The quantitative estimate of drug-likeness (QED) is 0.783. The lowest BCUT2D eigenvalue weighted by atomic mass is 10.1. The van der Waals surface area contributed by atoms with Crippen LogP contribution in [0.3, 0.4) is 0 Å². The molecular formula is C10H15N3O2S2. The smallest absolute Gasteiger partial charge is 0.157 e. The second kappa shape index (κ2) is 4.47. The summed E-state index contributed by atoms with van der Waals surface area (Å²) in [5.41, 5.74) is 1.99. The molecule has 7 heteroatoms. The molecule has 0 spiro atoms. The molecule has 94 valence electrons. The van der Waals surface area contributed by atoms with Crippen LogP contribution in [0.15, 0.2) is 0 Å². The topological polar surface area (TPSA) is 74.8 Å². The molecule has 1 aliphatic rings. The Kier molecular flexibility index (Phi) is 3.33. The van der Waals surface area contributed by atoms with Crippen LogP contribution in [0.4, 0.5) is 0 Å². The van der Waals surface area contributed by atoms with Gasteiger partial charge in [-0.3, -0.25) is 0 Å². The molecule has 1 atom stereocenters. The maximum absolute atomic E-state index is 11.5. The van der Waals surface area contributed by atoms with E-state index in [2.05, 4.69) is 15.3 Å². The van der Waals surface area contributed by atoms with E-state index in [9.17, 15) is 8.42 Å². The summed E-state index contributed by atoms with van der Waals surface area (Å²) in [5.74, 6) is 0.443. The number of hydrogen-bond donors (Lipinski definition) is 2. The lowest BCUT2D eigenvalue weighted by Crippen LogP contribution is -2.26. The van der Waals surface area contributed by atoms with Crippen molar-refractivity contribution in [2.24, 2.45) is 0 Å². The number of aromatic nitrogens is 2. The van der Waals surface area contributed by atoms with Gasteiger partial charge in [0.25, 0.3) is 0 Å². The SMILES string of the molecule is CC(c1nc(=S)c2c([nH]1)CCNC2)S(C)(=O)=O. The molecule has 0 bridgehead atoms. The molecule has 2 heterocycles. The molecule has 17 heavy (non-hydrogen) atoms. The number of aromatic amines is 1. The number of hydrogen-bond acceptors (Lipinski definition) is 5. The van der Waals surface area contributed by atoms with Gasteiger partial charge >= 0.3 is 0 Å². The third-order valence-electron chi connectivity index (χ3n) is 3.00. The highest BCUT2D eigenvalue weighted by Crippen LogP contribution is 2.20. The number of nitrogens with zero attached hydrogens (tertiary/aromatic N) is 1. The van der Waals surface area contributed by atoms with Crippen LogP contribution >= 0.6 is 12.2 Å². The average Bonchev–Trinajstić information content (AvgIpc) is 2.27. The van der Waals surface area contributed by atoms with E-state index in [1.807, 2.05) is 0 Å². The van der Waals surface area contributed by atoms with E-state index < -0.39 is 15.1 Å². The predicted octanol–water partition coefficient (Wildman–Crippen LogP) is 0.890. The van der Waals surface area contributed by atoms with Gasteiger partial charge in [0.15, 0.2) is 9.84 Å². The average molecular weight is 273 g/mol. The minimum absolute atomic E-state index is 0.443. The van der Waals surface area contributed by atoms with Crippen LogP contribution in [0.1, 0.15) is 29.3 Å². The Morgan fingerprint density at radius 2 is 2.18 bits per heavy atom. The first-order chi connectivity index (χ1) is 7.89. The fourth-order valence-electron chi connectivity index (χ4n) is 1.78. The molecule has 2 N–H and O–H groups in total. The van der Waals surface area contributed by atoms with Crippen LogP contribution < -0.4 is 5.32 Å². The minimum Gasteiger partial charge on any atom is -0.346 e. The molecule has 0 saturated heterocycles. The number of fused-ring (bicyclic) bond motifs is 1. The lowest BCUT2D eigenvalue weighted by molar-refractivity contribution is 0.584. The number of H-pyrrole nitrogens is 1. The molecule has 1 aliphatic heterocycles. The highest BCUT2D eigenvalue weighted by Gasteiger charge is 2.22. The van der Waals surface area contributed by atoms with Crippen molar-refractivity contribution in [3.63, 3.8) is 0 Å².